The molecule has 0 atom stereocenters. The third-order valence-corrected chi connectivity index (χ3v) is 6.61. The van der Waals surface area contributed by atoms with Crippen molar-refractivity contribution >= 4 is 28.1 Å². The molecule has 0 spiro atoms. The second kappa shape index (κ2) is 15.2. The summed E-state index contributed by atoms with van der Waals surface area (Å²) in [6.07, 6.45) is 8.38. The van der Waals surface area contributed by atoms with E-state index in [4.69, 9.17) is 14.6 Å². The van der Waals surface area contributed by atoms with E-state index in [2.05, 4.69) is 15.9 Å². The van der Waals surface area contributed by atoms with Crippen LogP contribution in [0.25, 0.3) is 0 Å². The molecule has 8 heteroatoms. The van der Waals surface area contributed by atoms with Crippen LogP contribution in [0.5, 0.6) is 0 Å². The largest absolute Gasteiger partial charge is 0.444 e. The number of ether oxygens (including phenoxy) is 2. The first-order valence-corrected chi connectivity index (χ1v) is 14.1. The van der Waals surface area contributed by atoms with Crippen LogP contribution in [0.1, 0.15) is 92.9 Å². The van der Waals surface area contributed by atoms with Gasteiger partial charge in [-0.1, -0.05) is 15.9 Å². The average Bonchev–Trinajstić information content (AvgIpc) is 2.75. The minimum absolute atomic E-state index is 0.156. The Balaban J connectivity index is 0.000000340. The molecular formula is C26H49BrN2O5. The van der Waals surface area contributed by atoms with Crippen LogP contribution in [-0.2, 0) is 9.47 Å². The van der Waals surface area contributed by atoms with E-state index in [1.807, 2.05) is 46.4 Å². The zero-order valence-corrected chi connectivity index (χ0v) is 24.0. The molecule has 2 rings (SSSR count). The molecule has 2 saturated heterocycles. The first-order valence-electron chi connectivity index (χ1n) is 13.0. The molecule has 0 unspecified atom stereocenters. The number of hydrogen-bond donors (Lipinski definition) is 1. The van der Waals surface area contributed by atoms with Gasteiger partial charge in [-0.2, -0.15) is 0 Å². The van der Waals surface area contributed by atoms with E-state index in [1.54, 1.807) is 4.90 Å². The number of piperidine rings is 2. The Hall–Kier alpha value is -1.02. The van der Waals surface area contributed by atoms with Crippen molar-refractivity contribution < 1.29 is 24.2 Å². The van der Waals surface area contributed by atoms with Gasteiger partial charge in [0.1, 0.15) is 11.2 Å². The number of halogens is 1. The zero-order valence-electron chi connectivity index (χ0n) is 22.4. The third kappa shape index (κ3) is 13.8. The first kappa shape index (κ1) is 31.0. The zero-order chi connectivity index (χ0) is 25.8. The number of likely N-dealkylation sites (tertiary alicyclic amines) is 2. The van der Waals surface area contributed by atoms with Crippen LogP contribution in [-0.4, -0.2) is 76.4 Å². The number of rotatable bonds is 6. The van der Waals surface area contributed by atoms with Crippen LogP contribution in [0, 0.1) is 11.8 Å². The van der Waals surface area contributed by atoms with Crippen molar-refractivity contribution in [1.82, 2.24) is 9.80 Å². The molecule has 0 saturated carbocycles. The molecule has 34 heavy (non-hydrogen) atoms. The highest BCUT2D eigenvalue weighted by atomic mass is 79.9. The van der Waals surface area contributed by atoms with E-state index in [0.717, 1.165) is 76.0 Å². The molecule has 0 bridgehead atoms. The van der Waals surface area contributed by atoms with Gasteiger partial charge >= 0.3 is 12.2 Å². The van der Waals surface area contributed by atoms with Crippen LogP contribution in [0.15, 0.2) is 0 Å². The molecule has 1 N–H and O–H groups in total. The fraction of sp³-hybridized carbons (Fsp3) is 0.923. The van der Waals surface area contributed by atoms with Crippen LogP contribution in [0.4, 0.5) is 9.59 Å². The topological polar surface area (TPSA) is 79.3 Å². The standard InChI is InChI=1S/C13H24BrNO2.C13H25NO3/c1-13(2,3)17-12(16)15-9-6-11(7-10-15)5-4-8-14;1-13(2,3)17-12(16)14-8-6-11(7-9-14)5-4-10-15/h11H,4-10H2,1-3H3;11,15H,4-10H2,1-3H3. The molecule has 2 aliphatic heterocycles. The minimum atomic E-state index is -0.412. The van der Waals surface area contributed by atoms with Crippen LogP contribution >= 0.6 is 15.9 Å². The highest BCUT2D eigenvalue weighted by Gasteiger charge is 2.27. The van der Waals surface area contributed by atoms with Crippen molar-refractivity contribution in [3.63, 3.8) is 0 Å². The monoisotopic (exact) mass is 548 g/mol. The summed E-state index contributed by atoms with van der Waals surface area (Å²) in [6, 6.07) is 0. The van der Waals surface area contributed by atoms with Crippen molar-refractivity contribution in [3.8, 4) is 0 Å². The van der Waals surface area contributed by atoms with Gasteiger partial charge in [0.25, 0.3) is 0 Å². The van der Waals surface area contributed by atoms with Crippen molar-refractivity contribution in [2.45, 2.75) is 104 Å². The van der Waals surface area contributed by atoms with Crippen LogP contribution < -0.4 is 0 Å². The number of hydrogen-bond acceptors (Lipinski definition) is 5. The summed E-state index contributed by atoms with van der Waals surface area (Å²) in [6.45, 7) is 14.9. The molecule has 2 aliphatic rings. The summed E-state index contributed by atoms with van der Waals surface area (Å²) >= 11 is 3.46. The molecule has 2 amide bonds. The smallest absolute Gasteiger partial charge is 0.410 e. The Bertz CT molecular complexity index is 535. The van der Waals surface area contributed by atoms with Gasteiger partial charge in [0.15, 0.2) is 0 Å². The third-order valence-electron chi connectivity index (χ3n) is 6.05. The predicted molar refractivity (Wildman–Crippen MR) is 140 cm³/mol. The van der Waals surface area contributed by atoms with Gasteiger partial charge in [0, 0.05) is 38.1 Å². The van der Waals surface area contributed by atoms with Gasteiger partial charge in [0.05, 0.1) is 0 Å². The number of carbonyl (C=O) groups excluding carboxylic acids is 2. The summed E-state index contributed by atoms with van der Waals surface area (Å²) in [7, 11) is 0. The lowest BCUT2D eigenvalue weighted by Gasteiger charge is -2.33. The van der Waals surface area contributed by atoms with Crippen molar-refractivity contribution in [3.05, 3.63) is 0 Å². The molecule has 0 aliphatic carbocycles. The van der Waals surface area contributed by atoms with E-state index in [0.29, 0.717) is 5.92 Å². The number of aliphatic hydroxyl groups is 1. The average molecular weight is 550 g/mol. The fourth-order valence-corrected chi connectivity index (χ4v) is 4.53. The van der Waals surface area contributed by atoms with Gasteiger partial charge in [-0.25, -0.2) is 9.59 Å². The maximum absolute atomic E-state index is 11.8. The van der Waals surface area contributed by atoms with Crippen molar-refractivity contribution in [1.29, 1.82) is 0 Å². The lowest BCUT2D eigenvalue weighted by Crippen LogP contribution is -2.41. The van der Waals surface area contributed by atoms with Crippen LogP contribution in [0.2, 0.25) is 0 Å². The Morgan fingerprint density at radius 1 is 0.765 bits per heavy atom. The Morgan fingerprint density at radius 2 is 1.12 bits per heavy atom. The molecule has 2 fully saturated rings. The molecule has 7 nitrogen and oxygen atoms in total. The summed E-state index contributed by atoms with van der Waals surface area (Å²) in [5.41, 5.74) is -0.797. The highest BCUT2D eigenvalue weighted by Crippen LogP contribution is 2.24. The molecule has 0 aromatic heterocycles. The summed E-state index contributed by atoms with van der Waals surface area (Å²) in [4.78, 5) is 27.3. The maximum atomic E-state index is 11.8. The molecule has 0 radical (unpaired) electrons. The Labute approximate surface area is 216 Å². The van der Waals surface area contributed by atoms with Gasteiger partial charge in [-0.15, -0.1) is 0 Å². The Kier molecular flexibility index (Phi) is 13.8. The highest BCUT2D eigenvalue weighted by molar-refractivity contribution is 9.09. The number of nitrogens with zero attached hydrogens (tertiary/aromatic N) is 2. The maximum Gasteiger partial charge on any atom is 0.410 e. The Morgan fingerprint density at radius 3 is 1.41 bits per heavy atom. The van der Waals surface area contributed by atoms with E-state index in [-0.39, 0.29) is 24.4 Å². The normalized spacial score (nSPS) is 18.2. The van der Waals surface area contributed by atoms with Gasteiger partial charge in [0.2, 0.25) is 0 Å². The van der Waals surface area contributed by atoms with Gasteiger partial charge in [-0.05, 0) is 105 Å². The number of carbonyl (C=O) groups is 2. The SMILES string of the molecule is CC(C)(C)OC(=O)N1CCC(CCCBr)CC1.CC(C)(C)OC(=O)N1CCC(CCCO)CC1. The van der Waals surface area contributed by atoms with E-state index < -0.39 is 5.60 Å². The summed E-state index contributed by atoms with van der Waals surface area (Å²) < 4.78 is 10.7. The minimum Gasteiger partial charge on any atom is -0.444 e. The molecule has 0 aromatic carbocycles. The first-order chi connectivity index (χ1) is 15.8. The van der Waals surface area contributed by atoms with Crippen LogP contribution in [0.3, 0.4) is 0 Å². The van der Waals surface area contributed by atoms with Gasteiger partial charge < -0.3 is 24.4 Å². The lowest BCUT2D eigenvalue weighted by atomic mass is 9.92. The molecular weight excluding hydrogens is 500 g/mol. The molecule has 0 aromatic rings. The quantitative estimate of drug-likeness (QED) is 0.399. The van der Waals surface area contributed by atoms with E-state index >= 15 is 0 Å². The van der Waals surface area contributed by atoms with Gasteiger partial charge in [-0.3, -0.25) is 0 Å². The summed E-state index contributed by atoms with van der Waals surface area (Å²) in [5, 5.41) is 9.86. The predicted octanol–water partition coefficient (Wildman–Crippen LogP) is 6.21. The fourth-order valence-electron chi connectivity index (χ4n) is 4.21. The van der Waals surface area contributed by atoms with E-state index in [9.17, 15) is 9.59 Å². The van der Waals surface area contributed by atoms with Crippen molar-refractivity contribution in [2.75, 3.05) is 38.1 Å². The molecule has 200 valence electrons. The second-order valence-corrected chi connectivity index (χ2v) is 12.3. The van der Waals surface area contributed by atoms with Crippen molar-refractivity contribution in [2.24, 2.45) is 11.8 Å². The summed E-state index contributed by atoms with van der Waals surface area (Å²) in [5.74, 6) is 1.44. The second-order valence-electron chi connectivity index (χ2n) is 11.5. The lowest BCUT2D eigenvalue weighted by molar-refractivity contribution is 0.0169. The number of amides is 2. The van der Waals surface area contributed by atoms with E-state index in [1.165, 1.54) is 12.8 Å². The number of alkyl halides is 1. The molecule has 2 heterocycles. The number of aliphatic hydroxyl groups excluding tert-OH is 1.